The molecule has 0 aliphatic heterocycles. The average Bonchev–Trinajstić information content (AvgIpc) is 3.62. The summed E-state index contributed by atoms with van der Waals surface area (Å²) in [4.78, 5) is 18.9. The lowest BCUT2D eigenvalue weighted by Gasteiger charge is -2.32. The number of pyridine rings is 1. The number of aromatic amines is 1. The molecule has 10 nitrogen and oxygen atoms in total. The number of rotatable bonds is 9. The molecule has 5 rings (SSSR count). The third kappa shape index (κ3) is 5.56. The Labute approximate surface area is 226 Å². The zero-order chi connectivity index (χ0) is 27.6. The van der Waals surface area contributed by atoms with E-state index in [9.17, 15) is 4.79 Å². The molecule has 0 saturated carbocycles. The van der Waals surface area contributed by atoms with Gasteiger partial charge in [-0.3, -0.25) is 9.69 Å². The van der Waals surface area contributed by atoms with E-state index in [0.29, 0.717) is 35.7 Å². The maximum atomic E-state index is 13.7. The molecule has 3 aromatic heterocycles. The van der Waals surface area contributed by atoms with E-state index in [4.69, 9.17) is 13.9 Å². The first-order chi connectivity index (χ1) is 18.8. The molecule has 10 heteroatoms. The van der Waals surface area contributed by atoms with Gasteiger partial charge in [0.15, 0.2) is 5.82 Å². The minimum atomic E-state index is -0.606. The predicted octanol–water partition coefficient (Wildman–Crippen LogP) is 4.67. The highest BCUT2D eigenvalue weighted by molar-refractivity contribution is 5.80. The number of tetrazole rings is 1. The van der Waals surface area contributed by atoms with E-state index in [-0.39, 0.29) is 5.56 Å². The van der Waals surface area contributed by atoms with Crippen LogP contribution in [0, 0.1) is 0 Å². The summed E-state index contributed by atoms with van der Waals surface area (Å²) in [6.07, 6.45) is 1.64. The monoisotopic (exact) mass is 528 g/mol. The fourth-order valence-electron chi connectivity index (χ4n) is 4.68. The van der Waals surface area contributed by atoms with Gasteiger partial charge in [0.2, 0.25) is 0 Å². The third-order valence-corrected chi connectivity index (χ3v) is 6.60. The molecule has 0 bridgehead atoms. The number of aromatic nitrogens is 5. The van der Waals surface area contributed by atoms with E-state index in [1.54, 1.807) is 25.2 Å². The van der Waals surface area contributed by atoms with Gasteiger partial charge in [-0.1, -0.05) is 12.1 Å². The highest BCUT2D eigenvalue weighted by Crippen LogP contribution is 2.32. The van der Waals surface area contributed by atoms with Gasteiger partial charge in [0.05, 0.1) is 32.6 Å². The SMILES string of the molecule is COc1ccc(CN(Cc2ccco2)[C@H](c2cc3cc(OC)ccc3[nH]c2=O)c2nnnn2C(C)(C)C)cc1. The van der Waals surface area contributed by atoms with Crippen LogP contribution >= 0.6 is 0 Å². The van der Waals surface area contributed by atoms with E-state index in [1.807, 2.05) is 81.4 Å². The number of H-pyrrole nitrogens is 1. The van der Waals surface area contributed by atoms with Crippen molar-refractivity contribution >= 4 is 10.9 Å². The number of methoxy groups -OCH3 is 2. The Kier molecular flexibility index (Phi) is 7.21. The molecule has 3 heterocycles. The molecule has 0 aliphatic carbocycles. The van der Waals surface area contributed by atoms with Crippen LogP contribution in [0.4, 0.5) is 0 Å². The van der Waals surface area contributed by atoms with Crippen molar-refractivity contribution in [3.05, 3.63) is 100.0 Å². The summed E-state index contributed by atoms with van der Waals surface area (Å²) in [7, 11) is 3.26. The Morgan fingerprint density at radius 1 is 1.00 bits per heavy atom. The summed E-state index contributed by atoms with van der Waals surface area (Å²) in [5, 5.41) is 13.7. The second-order valence-electron chi connectivity index (χ2n) is 10.4. The van der Waals surface area contributed by atoms with Gasteiger partial charge in [-0.2, -0.15) is 0 Å². The van der Waals surface area contributed by atoms with Gasteiger partial charge in [0.1, 0.15) is 23.3 Å². The second kappa shape index (κ2) is 10.7. The van der Waals surface area contributed by atoms with Crippen LogP contribution in [0.3, 0.4) is 0 Å². The lowest BCUT2D eigenvalue weighted by atomic mass is 10.0. The van der Waals surface area contributed by atoms with E-state index < -0.39 is 11.6 Å². The lowest BCUT2D eigenvalue weighted by molar-refractivity contribution is 0.171. The Hall–Kier alpha value is -4.44. The van der Waals surface area contributed by atoms with Crippen LogP contribution in [0.1, 0.15) is 49.5 Å². The normalized spacial score (nSPS) is 12.7. The number of benzene rings is 2. The van der Waals surface area contributed by atoms with E-state index >= 15 is 0 Å². The van der Waals surface area contributed by atoms with E-state index in [2.05, 4.69) is 25.4 Å². The van der Waals surface area contributed by atoms with Gasteiger partial charge in [0, 0.05) is 23.0 Å². The van der Waals surface area contributed by atoms with Crippen LogP contribution in [0.5, 0.6) is 11.5 Å². The molecule has 1 atom stereocenters. The number of fused-ring (bicyclic) bond motifs is 1. The van der Waals surface area contributed by atoms with Crippen molar-refractivity contribution < 1.29 is 13.9 Å². The summed E-state index contributed by atoms with van der Waals surface area (Å²) in [6, 6.07) is 18.5. The van der Waals surface area contributed by atoms with Crippen molar-refractivity contribution in [1.29, 1.82) is 0 Å². The van der Waals surface area contributed by atoms with Crippen molar-refractivity contribution in [2.75, 3.05) is 14.2 Å². The molecule has 1 N–H and O–H groups in total. The number of nitrogens with zero attached hydrogens (tertiary/aromatic N) is 5. The second-order valence-corrected chi connectivity index (χ2v) is 10.4. The molecule has 0 spiro atoms. The topological polar surface area (TPSA) is 111 Å². The lowest BCUT2D eigenvalue weighted by Crippen LogP contribution is -2.37. The molecule has 39 heavy (non-hydrogen) atoms. The first kappa shape index (κ1) is 26.2. The van der Waals surface area contributed by atoms with Crippen LogP contribution in [0.25, 0.3) is 10.9 Å². The van der Waals surface area contributed by atoms with Crippen LogP contribution < -0.4 is 15.0 Å². The highest BCUT2D eigenvalue weighted by atomic mass is 16.5. The van der Waals surface area contributed by atoms with Gasteiger partial charge in [-0.15, -0.1) is 5.10 Å². The zero-order valence-electron chi connectivity index (χ0n) is 22.7. The molecule has 202 valence electrons. The van der Waals surface area contributed by atoms with Crippen molar-refractivity contribution in [2.24, 2.45) is 0 Å². The number of hydrogen-bond acceptors (Lipinski definition) is 8. The summed E-state index contributed by atoms with van der Waals surface area (Å²) in [5.74, 6) is 2.77. The maximum Gasteiger partial charge on any atom is 0.253 e. The summed E-state index contributed by atoms with van der Waals surface area (Å²) in [6.45, 7) is 6.98. The first-order valence-corrected chi connectivity index (χ1v) is 12.7. The summed E-state index contributed by atoms with van der Waals surface area (Å²) in [5.41, 5.74) is 1.60. The Morgan fingerprint density at radius 2 is 1.74 bits per heavy atom. The molecule has 0 unspecified atom stereocenters. The number of hydrogen-bond donors (Lipinski definition) is 1. The zero-order valence-corrected chi connectivity index (χ0v) is 22.7. The van der Waals surface area contributed by atoms with Crippen molar-refractivity contribution in [2.45, 2.75) is 45.4 Å². The molecule has 2 aromatic carbocycles. The minimum absolute atomic E-state index is 0.222. The molecule has 0 aliphatic rings. The van der Waals surface area contributed by atoms with Crippen LogP contribution in [-0.4, -0.2) is 44.3 Å². The summed E-state index contributed by atoms with van der Waals surface area (Å²) >= 11 is 0. The number of ether oxygens (including phenoxy) is 2. The fraction of sp³-hybridized carbons (Fsp3) is 0.310. The Bertz CT molecular complexity index is 1600. The third-order valence-electron chi connectivity index (χ3n) is 6.60. The molecule has 0 amide bonds. The van der Waals surface area contributed by atoms with Crippen LogP contribution in [-0.2, 0) is 18.6 Å². The van der Waals surface area contributed by atoms with Crippen molar-refractivity contribution in [1.82, 2.24) is 30.1 Å². The van der Waals surface area contributed by atoms with E-state index in [1.165, 1.54) is 0 Å². The fourth-order valence-corrected chi connectivity index (χ4v) is 4.68. The van der Waals surface area contributed by atoms with Gasteiger partial charge < -0.3 is 18.9 Å². The first-order valence-electron chi connectivity index (χ1n) is 12.7. The smallest absolute Gasteiger partial charge is 0.253 e. The Balaban J connectivity index is 1.71. The van der Waals surface area contributed by atoms with Crippen molar-refractivity contribution in [3.8, 4) is 11.5 Å². The molecule has 0 saturated heterocycles. The van der Waals surface area contributed by atoms with Crippen LogP contribution in [0.2, 0.25) is 0 Å². The largest absolute Gasteiger partial charge is 0.497 e. The molecular formula is C29H32N6O4. The maximum absolute atomic E-state index is 13.7. The van der Waals surface area contributed by atoms with Gasteiger partial charge in [-0.05, 0) is 85.3 Å². The number of nitrogens with one attached hydrogen (secondary N) is 1. The summed E-state index contributed by atoms with van der Waals surface area (Å²) < 4.78 is 18.3. The standard InChI is InChI=1S/C29H32N6O4/c1-29(2,3)35-27(31-32-33-35)26(24-16-20-15-22(38-5)12-13-25(20)30-28(24)36)34(18-23-7-6-14-39-23)17-19-8-10-21(37-4)11-9-19/h6-16,26H,17-18H2,1-5H3,(H,30,36)/t26-/m1/s1. The van der Waals surface area contributed by atoms with Crippen molar-refractivity contribution in [3.63, 3.8) is 0 Å². The Morgan fingerprint density at radius 3 is 2.41 bits per heavy atom. The molecular weight excluding hydrogens is 496 g/mol. The molecule has 0 fully saturated rings. The number of furan rings is 1. The molecule has 0 radical (unpaired) electrons. The molecule has 5 aromatic rings. The quantitative estimate of drug-likeness (QED) is 0.294. The predicted molar refractivity (Wildman–Crippen MR) is 147 cm³/mol. The van der Waals surface area contributed by atoms with Crippen LogP contribution in [0.15, 0.2) is 76.1 Å². The highest BCUT2D eigenvalue weighted by Gasteiger charge is 2.34. The average molecular weight is 529 g/mol. The minimum Gasteiger partial charge on any atom is -0.497 e. The van der Waals surface area contributed by atoms with Gasteiger partial charge in [-0.25, -0.2) is 4.68 Å². The van der Waals surface area contributed by atoms with E-state index in [0.717, 1.165) is 22.5 Å². The van der Waals surface area contributed by atoms with Gasteiger partial charge >= 0.3 is 0 Å². The van der Waals surface area contributed by atoms with Gasteiger partial charge in [0.25, 0.3) is 5.56 Å².